The van der Waals surface area contributed by atoms with Crippen molar-refractivity contribution >= 4 is 0 Å². The van der Waals surface area contributed by atoms with E-state index in [9.17, 15) is 0 Å². The molecule has 1 aromatic heterocycles. The summed E-state index contributed by atoms with van der Waals surface area (Å²) in [4.78, 5) is 0. The van der Waals surface area contributed by atoms with Crippen LogP contribution in [0.15, 0.2) is 52.9 Å². The molecule has 0 atom stereocenters. The quantitative estimate of drug-likeness (QED) is 0.703. The lowest BCUT2D eigenvalue weighted by molar-refractivity contribution is 0.171. The van der Waals surface area contributed by atoms with Crippen molar-refractivity contribution in [3.63, 3.8) is 0 Å². The maximum atomic E-state index is 6.05. The molecule has 126 valence electrons. The van der Waals surface area contributed by atoms with Gasteiger partial charge in [-0.05, 0) is 48.5 Å². The Balaban J connectivity index is 1.47. The fourth-order valence-corrected chi connectivity index (χ4v) is 3.04. The van der Waals surface area contributed by atoms with Crippen LogP contribution in [0.3, 0.4) is 0 Å². The summed E-state index contributed by atoms with van der Waals surface area (Å²) in [7, 11) is 0. The van der Waals surface area contributed by atoms with E-state index in [1.807, 2.05) is 48.5 Å². The molecule has 0 unspecified atom stereocenters. The molecule has 25 heavy (non-hydrogen) atoms. The van der Waals surface area contributed by atoms with Crippen molar-refractivity contribution in [3.05, 3.63) is 48.5 Å². The van der Waals surface area contributed by atoms with E-state index in [2.05, 4.69) is 0 Å². The largest absolute Gasteiger partial charge is 0.486 e. The Morgan fingerprint density at radius 3 is 1.40 bits per heavy atom. The second-order valence-electron chi connectivity index (χ2n) is 5.88. The molecule has 3 aromatic rings. The highest BCUT2D eigenvalue weighted by atomic mass is 16.6. The van der Waals surface area contributed by atoms with Crippen molar-refractivity contribution in [1.82, 2.24) is 0 Å². The van der Waals surface area contributed by atoms with E-state index in [-0.39, 0.29) is 0 Å². The van der Waals surface area contributed by atoms with Gasteiger partial charge in [-0.1, -0.05) is 0 Å². The zero-order valence-corrected chi connectivity index (χ0v) is 13.5. The third-order valence-corrected chi connectivity index (χ3v) is 4.26. The average Bonchev–Trinajstić information content (AvgIpc) is 3.17. The molecule has 0 amide bonds. The van der Waals surface area contributed by atoms with Crippen LogP contribution in [-0.2, 0) is 0 Å². The van der Waals surface area contributed by atoms with E-state index in [4.69, 9.17) is 23.4 Å². The molecule has 0 aliphatic carbocycles. The maximum absolute atomic E-state index is 6.05. The minimum Gasteiger partial charge on any atom is -0.486 e. The molecular formula is C20H16O5. The van der Waals surface area contributed by atoms with E-state index < -0.39 is 0 Å². The van der Waals surface area contributed by atoms with Crippen LogP contribution in [0, 0.1) is 0 Å². The van der Waals surface area contributed by atoms with Gasteiger partial charge in [0.15, 0.2) is 23.0 Å². The Labute approximate surface area is 144 Å². The van der Waals surface area contributed by atoms with Crippen molar-refractivity contribution in [2.24, 2.45) is 0 Å². The average molecular weight is 336 g/mol. The minimum atomic E-state index is 0.567. The molecule has 5 heteroatoms. The number of hydrogen-bond donors (Lipinski definition) is 0. The topological polar surface area (TPSA) is 50.1 Å². The number of hydrogen-bond acceptors (Lipinski definition) is 5. The second-order valence-corrected chi connectivity index (χ2v) is 5.88. The maximum Gasteiger partial charge on any atom is 0.162 e. The first-order valence-electron chi connectivity index (χ1n) is 8.27. The highest BCUT2D eigenvalue weighted by molar-refractivity contribution is 5.69. The lowest BCUT2D eigenvalue weighted by Gasteiger charge is -2.18. The summed E-state index contributed by atoms with van der Waals surface area (Å²) in [6.45, 7) is 2.30. The Kier molecular flexibility index (Phi) is 3.30. The van der Waals surface area contributed by atoms with Crippen LogP contribution in [0.1, 0.15) is 0 Å². The highest BCUT2D eigenvalue weighted by Gasteiger charge is 2.16. The van der Waals surface area contributed by atoms with Gasteiger partial charge in [-0.25, -0.2) is 0 Å². The standard InChI is InChI=1S/C20H16O5/c1-3-17-19(23-9-7-21-17)11-13(1)15-5-6-16(25-15)14-2-4-18-20(12-14)24-10-8-22-18/h1-6,11-12H,7-10H2. The molecule has 0 spiro atoms. The third kappa shape index (κ3) is 2.58. The molecule has 2 aromatic carbocycles. The van der Waals surface area contributed by atoms with Gasteiger partial charge in [-0.15, -0.1) is 0 Å². The van der Waals surface area contributed by atoms with Crippen LogP contribution in [0.4, 0.5) is 0 Å². The van der Waals surface area contributed by atoms with Gasteiger partial charge in [0.1, 0.15) is 37.9 Å². The van der Waals surface area contributed by atoms with Crippen LogP contribution in [0.5, 0.6) is 23.0 Å². The van der Waals surface area contributed by atoms with Crippen LogP contribution in [0.25, 0.3) is 22.6 Å². The van der Waals surface area contributed by atoms with Gasteiger partial charge in [-0.2, -0.15) is 0 Å². The lowest BCUT2D eigenvalue weighted by atomic mass is 10.1. The fraction of sp³-hybridized carbons (Fsp3) is 0.200. The summed E-state index contributed by atoms with van der Waals surface area (Å²) in [5, 5.41) is 0. The van der Waals surface area contributed by atoms with Gasteiger partial charge in [0.25, 0.3) is 0 Å². The molecule has 3 heterocycles. The summed E-state index contributed by atoms with van der Waals surface area (Å²) in [6, 6.07) is 15.6. The van der Waals surface area contributed by atoms with Crippen molar-refractivity contribution in [2.75, 3.05) is 26.4 Å². The zero-order chi connectivity index (χ0) is 16.6. The number of rotatable bonds is 2. The zero-order valence-electron chi connectivity index (χ0n) is 13.5. The molecule has 5 rings (SSSR count). The fourth-order valence-electron chi connectivity index (χ4n) is 3.04. The summed E-state index contributed by atoms with van der Waals surface area (Å²) in [6.07, 6.45) is 0. The number of benzene rings is 2. The molecule has 5 nitrogen and oxygen atoms in total. The van der Waals surface area contributed by atoms with E-state index in [1.54, 1.807) is 0 Å². The molecule has 0 N–H and O–H groups in total. The molecule has 2 aliphatic heterocycles. The van der Waals surface area contributed by atoms with Crippen molar-refractivity contribution < 1.29 is 23.4 Å². The number of furan rings is 1. The smallest absolute Gasteiger partial charge is 0.162 e. The summed E-state index contributed by atoms with van der Waals surface area (Å²) >= 11 is 0. The van der Waals surface area contributed by atoms with Gasteiger partial charge in [0, 0.05) is 11.1 Å². The van der Waals surface area contributed by atoms with Gasteiger partial charge in [0.05, 0.1) is 0 Å². The van der Waals surface area contributed by atoms with Gasteiger partial charge in [0.2, 0.25) is 0 Å². The molecule has 0 saturated heterocycles. The Bertz CT molecular complexity index is 854. The Morgan fingerprint density at radius 2 is 0.920 bits per heavy atom. The summed E-state index contributed by atoms with van der Waals surface area (Å²) < 4.78 is 28.5. The molecule has 2 aliphatic rings. The van der Waals surface area contributed by atoms with Crippen LogP contribution in [0.2, 0.25) is 0 Å². The molecule has 0 fully saturated rings. The Hall–Kier alpha value is -3.08. The Morgan fingerprint density at radius 1 is 0.480 bits per heavy atom. The van der Waals surface area contributed by atoms with E-state index in [0.717, 1.165) is 45.6 Å². The monoisotopic (exact) mass is 336 g/mol. The molecular weight excluding hydrogens is 320 g/mol. The third-order valence-electron chi connectivity index (χ3n) is 4.26. The van der Waals surface area contributed by atoms with Gasteiger partial charge in [-0.3, -0.25) is 0 Å². The van der Waals surface area contributed by atoms with E-state index in [1.165, 1.54) is 0 Å². The van der Waals surface area contributed by atoms with Crippen molar-refractivity contribution in [1.29, 1.82) is 0 Å². The summed E-state index contributed by atoms with van der Waals surface area (Å²) in [5.41, 5.74) is 1.90. The van der Waals surface area contributed by atoms with Crippen LogP contribution < -0.4 is 18.9 Å². The van der Waals surface area contributed by atoms with Crippen LogP contribution >= 0.6 is 0 Å². The first kappa shape index (κ1) is 14.3. The molecule has 0 saturated carbocycles. The van der Waals surface area contributed by atoms with E-state index >= 15 is 0 Å². The van der Waals surface area contributed by atoms with Gasteiger partial charge >= 0.3 is 0 Å². The van der Waals surface area contributed by atoms with Crippen molar-refractivity contribution in [2.45, 2.75) is 0 Å². The normalized spacial score (nSPS) is 15.0. The highest BCUT2D eigenvalue weighted by Crippen LogP contribution is 2.38. The van der Waals surface area contributed by atoms with Gasteiger partial charge < -0.3 is 23.4 Å². The first-order chi connectivity index (χ1) is 12.4. The predicted molar refractivity (Wildman–Crippen MR) is 91.6 cm³/mol. The van der Waals surface area contributed by atoms with Crippen molar-refractivity contribution in [3.8, 4) is 45.6 Å². The minimum absolute atomic E-state index is 0.567. The predicted octanol–water partition coefficient (Wildman–Crippen LogP) is 4.16. The lowest BCUT2D eigenvalue weighted by Crippen LogP contribution is -2.15. The number of ether oxygens (including phenoxy) is 4. The molecule has 0 radical (unpaired) electrons. The van der Waals surface area contributed by atoms with Crippen LogP contribution in [-0.4, -0.2) is 26.4 Å². The second kappa shape index (κ2) is 5.77. The SMILES string of the molecule is c1cc2c(cc1-c1ccc(-c3ccc4c(c3)OCCO4)o1)OCCO2. The first-order valence-corrected chi connectivity index (χ1v) is 8.27. The molecule has 0 bridgehead atoms. The number of fused-ring (bicyclic) bond motifs is 2. The summed E-state index contributed by atoms with van der Waals surface area (Å²) in [5.74, 6) is 4.60. The van der Waals surface area contributed by atoms with E-state index in [0.29, 0.717) is 26.4 Å².